The summed E-state index contributed by atoms with van der Waals surface area (Å²) in [5.41, 5.74) is 10.6. The van der Waals surface area contributed by atoms with Crippen LogP contribution in [0.5, 0.6) is 0 Å². The van der Waals surface area contributed by atoms with Crippen LogP contribution in [-0.4, -0.2) is 21.1 Å². The number of nitrogens with one attached hydrogen (secondary N) is 2. The monoisotopic (exact) mass is 371 g/mol. The Balaban J connectivity index is 1.58. The summed E-state index contributed by atoms with van der Waals surface area (Å²) in [6, 6.07) is 18.6. The highest BCUT2D eigenvalue weighted by Crippen LogP contribution is 2.34. The lowest BCUT2D eigenvalue weighted by Crippen LogP contribution is -2.24. The van der Waals surface area contributed by atoms with Gasteiger partial charge in [0.1, 0.15) is 11.5 Å². The van der Waals surface area contributed by atoms with E-state index in [4.69, 9.17) is 9.40 Å². The highest BCUT2D eigenvalue weighted by atomic mass is 16.3. The fourth-order valence-corrected chi connectivity index (χ4v) is 3.62. The predicted molar refractivity (Wildman–Crippen MR) is 107 cm³/mol. The van der Waals surface area contributed by atoms with Crippen molar-refractivity contribution in [2.24, 2.45) is 0 Å². The van der Waals surface area contributed by atoms with E-state index >= 15 is 0 Å². The van der Waals surface area contributed by atoms with E-state index in [-0.39, 0.29) is 6.04 Å². The Kier molecular flexibility index (Phi) is 4.48. The van der Waals surface area contributed by atoms with Crippen LogP contribution in [-0.2, 0) is 6.54 Å². The number of hydrogen-bond acceptors (Lipinski definition) is 5. The Morgan fingerprint density at radius 2 is 1.89 bits per heavy atom. The molecule has 28 heavy (non-hydrogen) atoms. The minimum absolute atomic E-state index is 0.200. The zero-order valence-electron chi connectivity index (χ0n) is 15.4. The van der Waals surface area contributed by atoms with E-state index in [1.165, 1.54) is 5.56 Å². The molecule has 1 fully saturated rings. The second-order valence-electron chi connectivity index (χ2n) is 6.91. The third kappa shape index (κ3) is 3.24. The molecule has 1 saturated heterocycles. The summed E-state index contributed by atoms with van der Waals surface area (Å²) < 4.78 is 8.42. The summed E-state index contributed by atoms with van der Waals surface area (Å²) in [6.07, 6.45) is 6.52. The first-order valence-corrected chi connectivity index (χ1v) is 9.46. The third-order valence-corrected chi connectivity index (χ3v) is 5.03. The van der Waals surface area contributed by atoms with E-state index in [1.807, 2.05) is 55.1 Å². The Hall–Kier alpha value is -3.22. The van der Waals surface area contributed by atoms with Crippen LogP contribution in [0.1, 0.15) is 23.8 Å². The van der Waals surface area contributed by atoms with Crippen LogP contribution >= 0.6 is 0 Å². The highest BCUT2D eigenvalue weighted by Gasteiger charge is 2.23. The number of hydrogen-bond donors (Lipinski definition) is 2. The van der Waals surface area contributed by atoms with Gasteiger partial charge in [0.2, 0.25) is 0 Å². The fraction of sp³-hybridized carbons (Fsp3) is 0.182. The number of imidazole rings is 1. The number of benzene rings is 1. The van der Waals surface area contributed by atoms with E-state index in [9.17, 15) is 0 Å². The van der Waals surface area contributed by atoms with Gasteiger partial charge in [0.25, 0.3) is 0 Å². The third-order valence-electron chi connectivity index (χ3n) is 5.03. The standard InChI is InChI=1S/C22H21N5O/c1-2-4-17(5-3-1)21-22(20-7-6-19(28-20)18-10-13-25-26-18)27(15-24-21)14-16-8-11-23-12-9-16/h1-9,11-12,15,18,25-26H,10,13-14H2. The van der Waals surface area contributed by atoms with Crippen LogP contribution < -0.4 is 10.9 Å². The summed E-state index contributed by atoms with van der Waals surface area (Å²) in [5, 5.41) is 0. The molecule has 2 N–H and O–H groups in total. The van der Waals surface area contributed by atoms with Gasteiger partial charge in [-0.25, -0.2) is 10.4 Å². The quantitative estimate of drug-likeness (QED) is 0.559. The first kappa shape index (κ1) is 16.9. The molecule has 4 aromatic rings. The lowest BCUT2D eigenvalue weighted by molar-refractivity contribution is 0.439. The van der Waals surface area contributed by atoms with Crippen LogP contribution in [0.15, 0.2) is 77.7 Å². The van der Waals surface area contributed by atoms with Crippen molar-refractivity contribution in [3.8, 4) is 22.7 Å². The summed E-state index contributed by atoms with van der Waals surface area (Å²) in [7, 11) is 0. The van der Waals surface area contributed by atoms with Crippen molar-refractivity contribution in [1.29, 1.82) is 0 Å². The molecule has 1 aliphatic heterocycles. The van der Waals surface area contributed by atoms with E-state index in [2.05, 4.69) is 38.6 Å². The van der Waals surface area contributed by atoms with Gasteiger partial charge in [-0.1, -0.05) is 30.3 Å². The molecule has 6 nitrogen and oxygen atoms in total. The number of aromatic nitrogens is 3. The zero-order valence-corrected chi connectivity index (χ0v) is 15.4. The van der Waals surface area contributed by atoms with Crippen molar-refractivity contribution in [1.82, 2.24) is 25.4 Å². The van der Waals surface area contributed by atoms with E-state index in [0.29, 0.717) is 6.54 Å². The molecule has 0 radical (unpaired) electrons. The summed E-state index contributed by atoms with van der Waals surface area (Å²) in [6.45, 7) is 1.65. The van der Waals surface area contributed by atoms with Crippen LogP contribution in [0.3, 0.4) is 0 Å². The normalized spacial score (nSPS) is 16.5. The predicted octanol–water partition coefficient (Wildman–Crippen LogP) is 3.79. The van der Waals surface area contributed by atoms with Gasteiger partial charge in [-0.3, -0.25) is 10.4 Å². The van der Waals surface area contributed by atoms with Gasteiger partial charge >= 0.3 is 0 Å². The van der Waals surface area contributed by atoms with Gasteiger partial charge in [0.05, 0.1) is 18.1 Å². The first-order valence-electron chi connectivity index (χ1n) is 9.46. The molecule has 0 saturated carbocycles. The van der Waals surface area contributed by atoms with Crippen molar-refractivity contribution in [2.45, 2.75) is 19.0 Å². The molecule has 0 amide bonds. The molecule has 1 unspecified atom stereocenters. The maximum Gasteiger partial charge on any atom is 0.153 e. The van der Waals surface area contributed by atoms with Crippen LogP contribution in [0.2, 0.25) is 0 Å². The zero-order chi connectivity index (χ0) is 18.8. The molecule has 5 rings (SSSR count). The smallest absolute Gasteiger partial charge is 0.153 e. The highest BCUT2D eigenvalue weighted by molar-refractivity contribution is 5.76. The van der Waals surface area contributed by atoms with Crippen LogP contribution in [0.25, 0.3) is 22.7 Å². The van der Waals surface area contributed by atoms with Gasteiger partial charge in [0, 0.05) is 31.0 Å². The number of hydrazine groups is 1. The SMILES string of the molecule is c1ccc(-c2ncn(Cc3ccncc3)c2-c2ccc(C3CCNN3)o2)cc1. The Bertz CT molecular complexity index is 1050. The van der Waals surface area contributed by atoms with Crippen molar-refractivity contribution in [3.05, 3.63) is 84.6 Å². The molecule has 0 spiro atoms. The summed E-state index contributed by atoms with van der Waals surface area (Å²) in [5.74, 6) is 1.77. The second-order valence-corrected chi connectivity index (χ2v) is 6.91. The average molecular weight is 371 g/mol. The van der Waals surface area contributed by atoms with E-state index < -0.39 is 0 Å². The number of pyridine rings is 1. The van der Waals surface area contributed by atoms with Gasteiger partial charge < -0.3 is 8.98 Å². The van der Waals surface area contributed by atoms with Crippen LogP contribution in [0.4, 0.5) is 0 Å². The maximum absolute atomic E-state index is 6.28. The van der Waals surface area contributed by atoms with Crippen molar-refractivity contribution in [3.63, 3.8) is 0 Å². The number of furan rings is 1. The molecule has 0 aliphatic carbocycles. The van der Waals surface area contributed by atoms with Crippen LogP contribution in [0, 0.1) is 0 Å². The lowest BCUT2D eigenvalue weighted by atomic mass is 10.1. The van der Waals surface area contributed by atoms with Crippen molar-refractivity contribution >= 4 is 0 Å². The molecule has 3 aromatic heterocycles. The molecular weight excluding hydrogens is 350 g/mol. The molecule has 4 heterocycles. The van der Waals surface area contributed by atoms with Crippen molar-refractivity contribution < 1.29 is 4.42 Å². The number of nitrogens with zero attached hydrogens (tertiary/aromatic N) is 3. The fourth-order valence-electron chi connectivity index (χ4n) is 3.62. The summed E-state index contributed by atoms with van der Waals surface area (Å²) >= 11 is 0. The molecular formula is C22H21N5O. The second kappa shape index (κ2) is 7.42. The van der Waals surface area contributed by atoms with Crippen molar-refractivity contribution in [2.75, 3.05) is 6.54 Å². The van der Waals surface area contributed by atoms with E-state index in [1.54, 1.807) is 0 Å². The Labute approximate surface area is 163 Å². The first-order chi connectivity index (χ1) is 13.9. The molecule has 1 aliphatic rings. The molecule has 6 heteroatoms. The summed E-state index contributed by atoms with van der Waals surface area (Å²) in [4.78, 5) is 8.84. The minimum atomic E-state index is 0.200. The minimum Gasteiger partial charge on any atom is -0.458 e. The maximum atomic E-state index is 6.28. The Morgan fingerprint density at radius 3 is 2.68 bits per heavy atom. The van der Waals surface area contributed by atoms with Gasteiger partial charge in [0.15, 0.2) is 5.76 Å². The van der Waals surface area contributed by atoms with Gasteiger partial charge in [-0.05, 0) is 36.2 Å². The van der Waals surface area contributed by atoms with Gasteiger partial charge in [-0.2, -0.15) is 0 Å². The van der Waals surface area contributed by atoms with Gasteiger partial charge in [-0.15, -0.1) is 0 Å². The van der Waals surface area contributed by atoms with E-state index in [0.717, 1.165) is 41.4 Å². The topological polar surface area (TPSA) is 67.9 Å². The molecule has 1 atom stereocenters. The molecule has 0 bridgehead atoms. The number of rotatable bonds is 5. The molecule has 140 valence electrons. The largest absolute Gasteiger partial charge is 0.458 e. The Morgan fingerprint density at radius 1 is 1.04 bits per heavy atom. The average Bonchev–Trinajstić information content (AvgIpc) is 3.49. The molecule has 1 aromatic carbocycles. The lowest BCUT2D eigenvalue weighted by Gasteiger charge is -2.10.